The molecule has 1 aromatic rings. The van der Waals surface area contributed by atoms with Gasteiger partial charge in [0.2, 0.25) is 0 Å². The molecule has 19 heavy (non-hydrogen) atoms. The summed E-state index contributed by atoms with van der Waals surface area (Å²) in [6, 6.07) is 9.92. The Morgan fingerprint density at radius 2 is 1.63 bits per heavy atom. The van der Waals surface area contributed by atoms with Crippen molar-refractivity contribution in [2.45, 2.75) is 50.3 Å². The van der Waals surface area contributed by atoms with Gasteiger partial charge < -0.3 is 22.3 Å². The SMILES string of the molecule is CC(C)(N)C(O)CC(c1ccccc1)C(C)(N)CN. The van der Waals surface area contributed by atoms with E-state index < -0.39 is 17.2 Å². The molecule has 0 fully saturated rings. The largest absolute Gasteiger partial charge is 0.391 e. The number of hydrogen-bond acceptors (Lipinski definition) is 4. The first-order valence-electron chi connectivity index (χ1n) is 6.69. The van der Waals surface area contributed by atoms with Gasteiger partial charge in [-0.25, -0.2) is 0 Å². The summed E-state index contributed by atoms with van der Waals surface area (Å²) < 4.78 is 0. The van der Waals surface area contributed by atoms with Gasteiger partial charge in [-0.3, -0.25) is 0 Å². The molecular formula is C15H27N3O. The second-order valence-corrected chi connectivity index (χ2v) is 6.25. The molecule has 0 aliphatic rings. The van der Waals surface area contributed by atoms with Crippen LogP contribution in [0.4, 0.5) is 0 Å². The second-order valence-electron chi connectivity index (χ2n) is 6.25. The van der Waals surface area contributed by atoms with E-state index >= 15 is 0 Å². The Bertz CT molecular complexity index is 384. The molecule has 1 rings (SSSR count). The van der Waals surface area contributed by atoms with Crippen LogP contribution < -0.4 is 17.2 Å². The van der Waals surface area contributed by atoms with E-state index in [1.807, 2.05) is 51.1 Å². The van der Waals surface area contributed by atoms with Crippen LogP contribution in [0.1, 0.15) is 38.7 Å². The third kappa shape index (κ3) is 4.28. The Morgan fingerprint density at radius 3 is 2.05 bits per heavy atom. The van der Waals surface area contributed by atoms with Gasteiger partial charge in [-0.1, -0.05) is 30.3 Å². The van der Waals surface area contributed by atoms with Crippen molar-refractivity contribution in [2.24, 2.45) is 17.2 Å². The normalized spacial score (nSPS) is 18.7. The van der Waals surface area contributed by atoms with Gasteiger partial charge in [0, 0.05) is 23.5 Å². The fourth-order valence-electron chi connectivity index (χ4n) is 2.14. The highest BCUT2D eigenvalue weighted by Crippen LogP contribution is 2.32. The van der Waals surface area contributed by atoms with E-state index in [2.05, 4.69) is 0 Å². The molecule has 0 heterocycles. The Balaban J connectivity index is 3.02. The minimum absolute atomic E-state index is 0.0310. The lowest BCUT2D eigenvalue weighted by atomic mass is 9.75. The van der Waals surface area contributed by atoms with Gasteiger partial charge in [0.15, 0.2) is 0 Å². The number of rotatable bonds is 6. The van der Waals surface area contributed by atoms with E-state index in [-0.39, 0.29) is 5.92 Å². The summed E-state index contributed by atoms with van der Waals surface area (Å²) in [5, 5.41) is 10.3. The molecule has 108 valence electrons. The maximum Gasteiger partial charge on any atom is 0.0720 e. The predicted octanol–water partition coefficient (Wildman–Crippen LogP) is 0.935. The number of nitrogens with two attached hydrogens (primary N) is 3. The second kappa shape index (κ2) is 6.01. The van der Waals surface area contributed by atoms with Crippen LogP contribution in [0, 0.1) is 0 Å². The van der Waals surface area contributed by atoms with Gasteiger partial charge in [-0.2, -0.15) is 0 Å². The minimum Gasteiger partial charge on any atom is -0.391 e. The summed E-state index contributed by atoms with van der Waals surface area (Å²) in [5.74, 6) is -0.0310. The number of benzene rings is 1. The molecule has 0 amide bonds. The van der Waals surface area contributed by atoms with Crippen molar-refractivity contribution in [3.8, 4) is 0 Å². The van der Waals surface area contributed by atoms with Gasteiger partial charge in [0.05, 0.1) is 6.10 Å². The van der Waals surface area contributed by atoms with Crippen LogP contribution in [0.15, 0.2) is 30.3 Å². The van der Waals surface area contributed by atoms with E-state index in [0.717, 1.165) is 5.56 Å². The Labute approximate surface area is 116 Å². The molecule has 0 aliphatic carbocycles. The molecule has 1 aromatic carbocycles. The van der Waals surface area contributed by atoms with Crippen molar-refractivity contribution in [1.82, 2.24) is 0 Å². The molecule has 4 nitrogen and oxygen atoms in total. The summed E-state index contributed by atoms with van der Waals surface area (Å²) in [4.78, 5) is 0. The zero-order chi connectivity index (χ0) is 14.7. The lowest BCUT2D eigenvalue weighted by Crippen LogP contribution is -2.53. The molecule has 0 aromatic heterocycles. The topological polar surface area (TPSA) is 98.3 Å². The van der Waals surface area contributed by atoms with Crippen molar-refractivity contribution in [3.05, 3.63) is 35.9 Å². The molecule has 3 unspecified atom stereocenters. The standard InChI is InChI=1S/C15H27N3O/c1-14(2,17)13(19)9-12(15(3,18)10-16)11-7-5-4-6-8-11/h4-8,12-13,19H,9-10,16-18H2,1-3H3. The van der Waals surface area contributed by atoms with Crippen molar-refractivity contribution >= 4 is 0 Å². The first-order chi connectivity index (χ1) is 8.68. The molecule has 0 spiro atoms. The van der Waals surface area contributed by atoms with Crippen molar-refractivity contribution in [2.75, 3.05) is 6.54 Å². The smallest absolute Gasteiger partial charge is 0.0720 e. The van der Waals surface area contributed by atoms with Crippen molar-refractivity contribution < 1.29 is 5.11 Å². The first kappa shape index (κ1) is 16.1. The fourth-order valence-corrected chi connectivity index (χ4v) is 2.14. The summed E-state index contributed by atoms with van der Waals surface area (Å²) in [7, 11) is 0. The maximum atomic E-state index is 10.3. The van der Waals surface area contributed by atoms with Gasteiger partial charge in [-0.05, 0) is 32.8 Å². The van der Waals surface area contributed by atoms with Gasteiger partial charge in [0.1, 0.15) is 0 Å². The number of aliphatic hydroxyl groups excluding tert-OH is 1. The average Bonchev–Trinajstić information content (AvgIpc) is 2.35. The Kier molecular flexibility index (Phi) is 5.10. The number of hydrogen-bond donors (Lipinski definition) is 4. The summed E-state index contributed by atoms with van der Waals surface area (Å²) >= 11 is 0. The van der Waals surface area contributed by atoms with E-state index in [1.165, 1.54) is 0 Å². The third-order valence-electron chi connectivity index (χ3n) is 3.76. The zero-order valence-corrected chi connectivity index (χ0v) is 12.1. The summed E-state index contributed by atoms with van der Waals surface area (Å²) in [5.41, 5.74) is 17.9. The molecule has 0 aliphatic heterocycles. The first-order valence-corrected chi connectivity index (χ1v) is 6.69. The van der Waals surface area contributed by atoms with E-state index in [9.17, 15) is 5.11 Å². The molecule has 0 radical (unpaired) electrons. The molecule has 7 N–H and O–H groups in total. The zero-order valence-electron chi connectivity index (χ0n) is 12.1. The minimum atomic E-state index is -0.655. The van der Waals surface area contributed by atoms with Crippen LogP contribution in [0.5, 0.6) is 0 Å². The quantitative estimate of drug-likeness (QED) is 0.615. The Hall–Kier alpha value is -0.940. The van der Waals surface area contributed by atoms with Crippen LogP contribution in [-0.4, -0.2) is 28.8 Å². The summed E-state index contributed by atoms with van der Waals surface area (Å²) in [6.45, 7) is 5.90. The predicted molar refractivity (Wildman–Crippen MR) is 79.7 cm³/mol. The van der Waals surface area contributed by atoms with Gasteiger partial charge in [0.25, 0.3) is 0 Å². The molecule has 0 saturated heterocycles. The van der Waals surface area contributed by atoms with Crippen LogP contribution >= 0.6 is 0 Å². The van der Waals surface area contributed by atoms with E-state index in [1.54, 1.807) is 0 Å². The lowest BCUT2D eigenvalue weighted by molar-refractivity contribution is 0.0791. The highest BCUT2D eigenvalue weighted by molar-refractivity contribution is 5.24. The molecule has 4 heteroatoms. The Morgan fingerprint density at radius 1 is 1.11 bits per heavy atom. The average molecular weight is 265 g/mol. The van der Waals surface area contributed by atoms with Crippen LogP contribution in [0.2, 0.25) is 0 Å². The van der Waals surface area contributed by atoms with E-state index in [0.29, 0.717) is 13.0 Å². The number of aliphatic hydroxyl groups is 1. The monoisotopic (exact) mass is 265 g/mol. The fraction of sp³-hybridized carbons (Fsp3) is 0.600. The third-order valence-corrected chi connectivity index (χ3v) is 3.76. The summed E-state index contributed by atoms with van der Waals surface area (Å²) in [6.07, 6.45) is -0.135. The van der Waals surface area contributed by atoms with Crippen molar-refractivity contribution in [3.63, 3.8) is 0 Å². The molecular weight excluding hydrogens is 238 g/mol. The van der Waals surface area contributed by atoms with Crippen LogP contribution in [0.25, 0.3) is 0 Å². The highest BCUT2D eigenvalue weighted by Gasteiger charge is 2.35. The van der Waals surface area contributed by atoms with Crippen LogP contribution in [-0.2, 0) is 0 Å². The molecule has 0 bridgehead atoms. The maximum absolute atomic E-state index is 10.3. The van der Waals surface area contributed by atoms with Gasteiger partial charge in [-0.15, -0.1) is 0 Å². The van der Waals surface area contributed by atoms with E-state index in [4.69, 9.17) is 17.2 Å². The van der Waals surface area contributed by atoms with Crippen LogP contribution in [0.3, 0.4) is 0 Å². The highest BCUT2D eigenvalue weighted by atomic mass is 16.3. The lowest BCUT2D eigenvalue weighted by Gasteiger charge is -2.37. The molecule has 3 atom stereocenters. The van der Waals surface area contributed by atoms with Gasteiger partial charge >= 0.3 is 0 Å². The van der Waals surface area contributed by atoms with Crippen molar-refractivity contribution in [1.29, 1.82) is 0 Å². The molecule has 0 saturated carbocycles.